The summed E-state index contributed by atoms with van der Waals surface area (Å²) in [5.41, 5.74) is 0.542. The number of nitrogens with zero attached hydrogens (tertiary/aromatic N) is 3. The number of hydrogen-bond donors (Lipinski definition) is 0. The maximum Gasteiger partial charge on any atom is 0.320 e. The van der Waals surface area contributed by atoms with Crippen molar-refractivity contribution < 1.29 is 27.7 Å². The first kappa shape index (κ1) is 21.8. The Morgan fingerprint density at radius 1 is 1.15 bits per heavy atom. The van der Waals surface area contributed by atoms with Gasteiger partial charge >= 0.3 is 6.01 Å². The quantitative estimate of drug-likeness (QED) is 0.451. The monoisotopic (exact) mass is 533 g/mol. The van der Waals surface area contributed by atoms with Gasteiger partial charge in [-0.3, -0.25) is 4.90 Å². The van der Waals surface area contributed by atoms with Crippen molar-refractivity contribution in [1.29, 1.82) is 0 Å². The van der Waals surface area contributed by atoms with E-state index in [0.29, 0.717) is 18.7 Å². The van der Waals surface area contributed by atoms with Gasteiger partial charge in [-0.05, 0) is 40.9 Å². The Kier molecular flexibility index (Phi) is 5.44. The van der Waals surface area contributed by atoms with Gasteiger partial charge in [-0.25, -0.2) is 8.78 Å². The highest BCUT2D eigenvalue weighted by atomic mass is 79.9. The zero-order chi connectivity index (χ0) is 23.3. The molecule has 178 valence electrons. The summed E-state index contributed by atoms with van der Waals surface area (Å²) in [6.45, 7) is 1.65. The van der Waals surface area contributed by atoms with Crippen molar-refractivity contribution in [2.24, 2.45) is 0 Å². The molecule has 10 heteroatoms. The molecule has 0 N–H and O–H groups in total. The third-order valence-corrected chi connectivity index (χ3v) is 7.45. The van der Waals surface area contributed by atoms with Crippen LogP contribution in [0.4, 0.5) is 8.78 Å². The SMILES string of the molecule is Fc1c(Br)c2c(c3c(OCc4ccccc4)nc(OC[C@@]45CCCN4C[C@H](F)C5)nc13)OCO2. The van der Waals surface area contributed by atoms with Gasteiger partial charge in [0, 0.05) is 13.0 Å². The fourth-order valence-corrected chi connectivity index (χ4v) is 5.64. The summed E-state index contributed by atoms with van der Waals surface area (Å²) in [6, 6.07) is 9.54. The molecule has 0 radical (unpaired) electrons. The van der Waals surface area contributed by atoms with Crippen LogP contribution in [-0.4, -0.2) is 53.1 Å². The number of hydrogen-bond acceptors (Lipinski definition) is 7. The molecule has 6 rings (SSSR count). The molecule has 2 aromatic carbocycles. The zero-order valence-corrected chi connectivity index (χ0v) is 19.8. The number of rotatable bonds is 6. The molecule has 3 aromatic rings. The molecule has 1 aromatic heterocycles. The van der Waals surface area contributed by atoms with E-state index in [1.165, 1.54) is 0 Å². The Balaban J connectivity index is 1.38. The summed E-state index contributed by atoms with van der Waals surface area (Å²) in [5, 5.41) is 0.279. The lowest BCUT2D eigenvalue weighted by molar-refractivity contribution is 0.106. The van der Waals surface area contributed by atoms with Crippen LogP contribution in [0.1, 0.15) is 24.8 Å². The van der Waals surface area contributed by atoms with Crippen molar-refractivity contribution >= 4 is 26.8 Å². The first-order valence-electron chi connectivity index (χ1n) is 11.2. The third kappa shape index (κ3) is 3.63. The summed E-state index contributed by atoms with van der Waals surface area (Å²) >= 11 is 3.24. The van der Waals surface area contributed by atoms with Crippen molar-refractivity contribution in [2.75, 3.05) is 26.5 Å². The average Bonchev–Trinajstić information content (AvgIpc) is 3.54. The molecule has 2 saturated heterocycles. The van der Waals surface area contributed by atoms with Gasteiger partial charge in [0.15, 0.2) is 17.3 Å². The summed E-state index contributed by atoms with van der Waals surface area (Å²) < 4.78 is 52.7. The zero-order valence-electron chi connectivity index (χ0n) is 18.2. The summed E-state index contributed by atoms with van der Waals surface area (Å²) in [6.07, 6.45) is 1.37. The van der Waals surface area contributed by atoms with E-state index in [4.69, 9.17) is 18.9 Å². The Morgan fingerprint density at radius 3 is 2.82 bits per heavy atom. The number of alkyl halides is 1. The van der Waals surface area contributed by atoms with E-state index in [9.17, 15) is 4.39 Å². The molecule has 0 aliphatic carbocycles. The highest BCUT2D eigenvalue weighted by molar-refractivity contribution is 9.10. The van der Waals surface area contributed by atoms with Crippen LogP contribution in [0.2, 0.25) is 0 Å². The molecule has 34 heavy (non-hydrogen) atoms. The van der Waals surface area contributed by atoms with E-state index in [2.05, 4.69) is 30.8 Å². The number of fused-ring (bicyclic) bond motifs is 4. The summed E-state index contributed by atoms with van der Waals surface area (Å²) in [5.74, 6) is 0.0655. The van der Waals surface area contributed by atoms with Gasteiger partial charge in [0.1, 0.15) is 34.8 Å². The standard InChI is InChI=1S/C24H22BrF2N3O4/c25-17-18(27)19-16(20-21(17)34-13-33-20)22(31-11-14-5-2-1-3-6-14)29-23(28-19)32-12-24-7-4-8-30(24)10-15(26)9-24/h1-3,5-6,15H,4,7-13H2/t15-,24+/m1/s1. The van der Waals surface area contributed by atoms with E-state index in [-0.39, 0.29) is 58.6 Å². The maximum absolute atomic E-state index is 15.3. The van der Waals surface area contributed by atoms with Gasteiger partial charge in [-0.1, -0.05) is 30.3 Å². The summed E-state index contributed by atoms with van der Waals surface area (Å²) in [7, 11) is 0. The normalized spacial score (nSPS) is 23.4. The van der Waals surface area contributed by atoms with E-state index in [0.717, 1.165) is 24.9 Å². The highest BCUT2D eigenvalue weighted by Gasteiger charge is 2.49. The van der Waals surface area contributed by atoms with Crippen LogP contribution in [0.15, 0.2) is 34.8 Å². The number of benzene rings is 2. The van der Waals surface area contributed by atoms with Crippen molar-refractivity contribution in [3.05, 3.63) is 46.2 Å². The van der Waals surface area contributed by atoms with Crippen LogP contribution in [0.5, 0.6) is 23.4 Å². The van der Waals surface area contributed by atoms with Gasteiger partial charge in [0.25, 0.3) is 0 Å². The lowest BCUT2D eigenvalue weighted by atomic mass is 9.95. The Labute approximate surface area is 203 Å². The maximum atomic E-state index is 15.3. The van der Waals surface area contributed by atoms with Crippen LogP contribution in [0, 0.1) is 5.82 Å². The number of aromatic nitrogens is 2. The van der Waals surface area contributed by atoms with E-state index >= 15 is 4.39 Å². The Bertz CT molecular complexity index is 1250. The summed E-state index contributed by atoms with van der Waals surface area (Å²) in [4.78, 5) is 11.0. The molecule has 0 unspecified atom stereocenters. The second-order valence-corrected chi connectivity index (χ2v) is 9.66. The second-order valence-electron chi connectivity index (χ2n) is 8.87. The van der Waals surface area contributed by atoms with Crippen LogP contribution in [-0.2, 0) is 6.61 Å². The molecule has 4 heterocycles. The van der Waals surface area contributed by atoms with Gasteiger partial charge < -0.3 is 18.9 Å². The fourth-order valence-electron chi connectivity index (χ4n) is 5.16. The third-order valence-electron chi connectivity index (χ3n) is 6.74. The minimum atomic E-state index is -0.876. The smallest absolute Gasteiger partial charge is 0.320 e. The Morgan fingerprint density at radius 2 is 1.97 bits per heavy atom. The van der Waals surface area contributed by atoms with Gasteiger partial charge in [-0.2, -0.15) is 9.97 Å². The van der Waals surface area contributed by atoms with Crippen molar-refractivity contribution in [2.45, 2.75) is 37.6 Å². The molecule has 0 spiro atoms. The van der Waals surface area contributed by atoms with Crippen LogP contribution in [0.25, 0.3) is 10.9 Å². The van der Waals surface area contributed by atoms with Crippen LogP contribution < -0.4 is 18.9 Å². The molecule has 3 aliphatic rings. The first-order chi connectivity index (χ1) is 16.5. The van der Waals surface area contributed by atoms with Crippen LogP contribution in [0.3, 0.4) is 0 Å². The predicted octanol–water partition coefficient (Wildman–Crippen LogP) is 4.79. The van der Waals surface area contributed by atoms with Gasteiger partial charge in [-0.15, -0.1) is 0 Å². The van der Waals surface area contributed by atoms with Crippen molar-refractivity contribution in [1.82, 2.24) is 14.9 Å². The Hall–Kier alpha value is -2.72. The van der Waals surface area contributed by atoms with Crippen LogP contribution >= 0.6 is 15.9 Å². The minimum absolute atomic E-state index is 0.000227. The van der Waals surface area contributed by atoms with Crippen molar-refractivity contribution in [3.63, 3.8) is 0 Å². The van der Waals surface area contributed by atoms with Gasteiger partial charge in [0.2, 0.25) is 12.7 Å². The molecule has 3 aliphatic heterocycles. The molecule has 0 bridgehead atoms. The predicted molar refractivity (Wildman–Crippen MR) is 123 cm³/mol. The molecule has 2 atom stereocenters. The molecule has 7 nitrogen and oxygen atoms in total. The lowest BCUT2D eigenvalue weighted by Crippen LogP contribution is -2.43. The molecule has 0 saturated carbocycles. The fraction of sp³-hybridized carbons (Fsp3) is 0.417. The number of halogens is 3. The first-order valence-corrected chi connectivity index (χ1v) is 12.0. The average molecular weight is 534 g/mol. The molecular formula is C24H22BrF2N3O4. The van der Waals surface area contributed by atoms with Crippen molar-refractivity contribution in [3.8, 4) is 23.4 Å². The molecular weight excluding hydrogens is 512 g/mol. The number of ether oxygens (including phenoxy) is 4. The second kappa shape index (κ2) is 8.49. The largest absolute Gasteiger partial charge is 0.472 e. The van der Waals surface area contributed by atoms with E-state index in [1.54, 1.807) is 0 Å². The minimum Gasteiger partial charge on any atom is -0.472 e. The van der Waals surface area contributed by atoms with E-state index < -0.39 is 12.0 Å². The highest BCUT2D eigenvalue weighted by Crippen LogP contribution is 2.49. The molecule has 0 amide bonds. The topological polar surface area (TPSA) is 65.9 Å². The van der Waals surface area contributed by atoms with E-state index in [1.807, 2.05) is 30.3 Å². The lowest BCUT2D eigenvalue weighted by Gasteiger charge is -2.30. The van der Waals surface area contributed by atoms with Gasteiger partial charge in [0.05, 0.1) is 5.54 Å². The molecule has 2 fully saturated rings.